The van der Waals surface area contributed by atoms with E-state index in [0.717, 1.165) is 29.8 Å². The number of nitrogens with one attached hydrogen (secondary N) is 1. The second kappa shape index (κ2) is 9.11. The van der Waals surface area contributed by atoms with Crippen molar-refractivity contribution < 1.29 is 27.1 Å². The average molecular weight is 483 g/mol. The van der Waals surface area contributed by atoms with Crippen molar-refractivity contribution in [3.63, 3.8) is 0 Å². The Kier molecular flexibility index (Phi) is 6.40. The van der Waals surface area contributed by atoms with Crippen molar-refractivity contribution in [3.8, 4) is 5.69 Å². The topological polar surface area (TPSA) is 69.0 Å². The molecular weight excluding hydrogens is 464 g/mol. The molecule has 1 amide bonds. The predicted molar refractivity (Wildman–Crippen MR) is 112 cm³/mol. The molecule has 0 atom stereocenters. The van der Waals surface area contributed by atoms with E-state index in [4.69, 9.17) is 16.3 Å². The van der Waals surface area contributed by atoms with Crippen LogP contribution in [-0.2, 0) is 16.3 Å². The SMILES string of the molecule is O=C(NCC1(c2ccc(Cl)cc2)CCOCC1)c1nnn(-c2ccc(F)cc2)c1C(F)(F)F. The number of alkyl halides is 3. The summed E-state index contributed by atoms with van der Waals surface area (Å²) in [6.07, 6.45) is -3.77. The van der Waals surface area contributed by atoms with E-state index in [1.165, 1.54) is 0 Å². The van der Waals surface area contributed by atoms with Crippen molar-refractivity contribution in [1.82, 2.24) is 20.3 Å². The number of aromatic nitrogens is 3. The summed E-state index contributed by atoms with van der Waals surface area (Å²) in [5, 5.41) is 10.2. The summed E-state index contributed by atoms with van der Waals surface area (Å²) in [5.41, 5.74) is -1.88. The zero-order chi connectivity index (χ0) is 23.6. The Balaban J connectivity index is 1.62. The van der Waals surface area contributed by atoms with Gasteiger partial charge in [0, 0.05) is 30.2 Å². The van der Waals surface area contributed by atoms with Gasteiger partial charge in [-0.25, -0.2) is 9.07 Å². The number of carbonyl (C=O) groups is 1. The first-order valence-corrected chi connectivity index (χ1v) is 10.5. The molecule has 1 aromatic heterocycles. The van der Waals surface area contributed by atoms with E-state index < -0.39 is 34.7 Å². The van der Waals surface area contributed by atoms with Gasteiger partial charge in [-0.1, -0.05) is 28.9 Å². The molecule has 3 aromatic rings. The first-order valence-electron chi connectivity index (χ1n) is 10.1. The summed E-state index contributed by atoms with van der Waals surface area (Å²) < 4.78 is 60.7. The molecule has 2 aromatic carbocycles. The molecule has 6 nitrogen and oxygen atoms in total. The maximum absolute atomic E-state index is 13.9. The van der Waals surface area contributed by atoms with Crippen molar-refractivity contribution in [2.24, 2.45) is 0 Å². The number of hydrogen-bond donors (Lipinski definition) is 1. The first kappa shape index (κ1) is 23.2. The van der Waals surface area contributed by atoms with Crippen molar-refractivity contribution in [3.05, 3.63) is 76.3 Å². The van der Waals surface area contributed by atoms with Crippen LogP contribution in [0.2, 0.25) is 5.02 Å². The molecule has 4 rings (SSSR count). The Hall–Kier alpha value is -2.98. The van der Waals surface area contributed by atoms with Gasteiger partial charge in [-0.05, 0) is 54.8 Å². The van der Waals surface area contributed by atoms with Crippen LogP contribution in [0.3, 0.4) is 0 Å². The lowest BCUT2D eigenvalue weighted by atomic mass is 9.74. The largest absolute Gasteiger partial charge is 0.435 e. The third-order valence-corrected chi connectivity index (χ3v) is 5.97. The smallest absolute Gasteiger partial charge is 0.381 e. The molecule has 174 valence electrons. The number of benzene rings is 2. The van der Waals surface area contributed by atoms with Crippen LogP contribution in [0.1, 0.15) is 34.6 Å². The van der Waals surface area contributed by atoms with Gasteiger partial charge in [-0.2, -0.15) is 13.2 Å². The van der Waals surface area contributed by atoms with Crippen LogP contribution in [0.5, 0.6) is 0 Å². The van der Waals surface area contributed by atoms with Crippen molar-refractivity contribution in [2.45, 2.75) is 24.4 Å². The number of halogens is 5. The summed E-state index contributed by atoms with van der Waals surface area (Å²) in [4.78, 5) is 12.8. The van der Waals surface area contributed by atoms with Gasteiger partial charge in [0.15, 0.2) is 11.4 Å². The molecule has 11 heteroatoms. The Morgan fingerprint density at radius 3 is 2.33 bits per heavy atom. The van der Waals surface area contributed by atoms with E-state index >= 15 is 0 Å². The molecule has 1 aliphatic rings. The lowest BCUT2D eigenvalue weighted by molar-refractivity contribution is -0.143. The molecule has 0 unspecified atom stereocenters. The van der Waals surface area contributed by atoms with Gasteiger partial charge in [0.25, 0.3) is 5.91 Å². The lowest BCUT2D eigenvalue weighted by Crippen LogP contribution is -2.45. The monoisotopic (exact) mass is 482 g/mol. The van der Waals surface area contributed by atoms with E-state index in [0.29, 0.717) is 35.8 Å². The highest BCUT2D eigenvalue weighted by Gasteiger charge is 2.43. The summed E-state index contributed by atoms with van der Waals surface area (Å²) in [6, 6.07) is 11.4. The minimum Gasteiger partial charge on any atom is -0.381 e. The highest BCUT2D eigenvalue weighted by Crippen LogP contribution is 2.36. The summed E-state index contributed by atoms with van der Waals surface area (Å²) >= 11 is 5.99. The summed E-state index contributed by atoms with van der Waals surface area (Å²) in [5.74, 6) is -1.62. The van der Waals surface area contributed by atoms with Crippen LogP contribution < -0.4 is 5.32 Å². The maximum Gasteiger partial charge on any atom is 0.435 e. The van der Waals surface area contributed by atoms with E-state index in [1.807, 2.05) is 12.1 Å². The second-order valence-electron chi connectivity index (χ2n) is 7.75. The number of amides is 1. The molecular formula is C22H19ClF4N4O2. The normalized spacial score (nSPS) is 15.9. The molecule has 0 radical (unpaired) electrons. The minimum atomic E-state index is -4.92. The summed E-state index contributed by atoms with van der Waals surface area (Å²) in [6.45, 7) is 0.984. The fourth-order valence-electron chi connectivity index (χ4n) is 3.92. The third kappa shape index (κ3) is 4.86. The van der Waals surface area contributed by atoms with Crippen LogP contribution in [0.4, 0.5) is 17.6 Å². The van der Waals surface area contributed by atoms with Gasteiger partial charge in [-0.3, -0.25) is 4.79 Å². The van der Waals surface area contributed by atoms with Gasteiger partial charge in [0.1, 0.15) is 5.82 Å². The zero-order valence-electron chi connectivity index (χ0n) is 17.2. The minimum absolute atomic E-state index is 0.0719. The van der Waals surface area contributed by atoms with Crippen LogP contribution >= 0.6 is 11.6 Å². The highest BCUT2D eigenvalue weighted by atomic mass is 35.5. The molecule has 2 heterocycles. The standard InChI is InChI=1S/C22H19ClF4N4O2/c23-15-3-1-14(2-4-15)21(9-11-33-12-10-21)13-28-20(32)18-19(22(25,26)27)31(30-29-18)17-7-5-16(24)6-8-17/h1-8H,9-13H2,(H,28,32). The molecule has 0 spiro atoms. The quantitative estimate of drug-likeness (QED) is 0.541. The van der Waals surface area contributed by atoms with E-state index in [2.05, 4.69) is 15.6 Å². The number of ether oxygens (including phenoxy) is 1. The number of carbonyl (C=O) groups excluding carboxylic acids is 1. The highest BCUT2D eigenvalue weighted by molar-refractivity contribution is 6.30. The van der Waals surface area contributed by atoms with Crippen LogP contribution in [0.15, 0.2) is 48.5 Å². The van der Waals surface area contributed by atoms with Crippen molar-refractivity contribution in [2.75, 3.05) is 19.8 Å². The second-order valence-corrected chi connectivity index (χ2v) is 8.19. The molecule has 0 bridgehead atoms. The van der Waals surface area contributed by atoms with E-state index in [1.54, 1.807) is 12.1 Å². The zero-order valence-corrected chi connectivity index (χ0v) is 18.0. The fraction of sp³-hybridized carbons (Fsp3) is 0.318. The summed E-state index contributed by atoms with van der Waals surface area (Å²) in [7, 11) is 0. The number of hydrogen-bond acceptors (Lipinski definition) is 4. The van der Waals surface area contributed by atoms with Gasteiger partial charge < -0.3 is 10.1 Å². The third-order valence-electron chi connectivity index (χ3n) is 5.72. The molecule has 0 aliphatic carbocycles. The first-order chi connectivity index (χ1) is 15.7. The van der Waals surface area contributed by atoms with E-state index in [-0.39, 0.29) is 12.2 Å². The molecule has 1 aliphatic heterocycles. The van der Waals surface area contributed by atoms with Crippen molar-refractivity contribution in [1.29, 1.82) is 0 Å². The number of rotatable bonds is 5. The predicted octanol–water partition coefficient (Wildman–Crippen LogP) is 4.56. The van der Waals surface area contributed by atoms with E-state index in [9.17, 15) is 22.4 Å². The molecule has 0 saturated carbocycles. The van der Waals surface area contributed by atoms with Crippen LogP contribution in [0, 0.1) is 5.82 Å². The fourth-order valence-corrected chi connectivity index (χ4v) is 4.04. The molecule has 1 fully saturated rings. The Morgan fingerprint density at radius 2 is 1.73 bits per heavy atom. The maximum atomic E-state index is 13.9. The van der Waals surface area contributed by atoms with Crippen LogP contribution in [-0.4, -0.2) is 40.7 Å². The molecule has 1 N–H and O–H groups in total. The number of nitrogens with zero attached hydrogens (tertiary/aromatic N) is 3. The van der Waals surface area contributed by atoms with Crippen molar-refractivity contribution >= 4 is 17.5 Å². The van der Waals surface area contributed by atoms with Gasteiger partial charge >= 0.3 is 6.18 Å². The Morgan fingerprint density at radius 1 is 1.09 bits per heavy atom. The molecule has 33 heavy (non-hydrogen) atoms. The van der Waals surface area contributed by atoms with Gasteiger partial charge in [0.05, 0.1) is 5.69 Å². The van der Waals surface area contributed by atoms with Crippen LogP contribution in [0.25, 0.3) is 5.69 Å². The average Bonchev–Trinajstić information content (AvgIpc) is 3.25. The Labute approximate surface area is 191 Å². The van der Waals surface area contributed by atoms with Gasteiger partial charge in [0.2, 0.25) is 0 Å². The molecule has 1 saturated heterocycles. The van der Waals surface area contributed by atoms with Gasteiger partial charge in [-0.15, -0.1) is 5.10 Å². The Bertz CT molecular complexity index is 1120. The lowest BCUT2D eigenvalue weighted by Gasteiger charge is -2.38.